The lowest BCUT2D eigenvalue weighted by Gasteiger charge is -2.39. The highest BCUT2D eigenvalue weighted by Crippen LogP contribution is 2.32. The Morgan fingerprint density at radius 3 is 2.36 bits per heavy atom. The van der Waals surface area contributed by atoms with Crippen LogP contribution in [0.5, 0.6) is 0 Å². The number of hydrogen-bond donors (Lipinski definition) is 1. The summed E-state index contributed by atoms with van der Waals surface area (Å²) in [7, 11) is 1.57. The molecule has 2 heterocycles. The summed E-state index contributed by atoms with van der Waals surface area (Å²) in [6.07, 6.45) is 0. The van der Waals surface area contributed by atoms with E-state index in [9.17, 15) is 23.2 Å². The van der Waals surface area contributed by atoms with E-state index in [1.807, 2.05) is 4.90 Å². The summed E-state index contributed by atoms with van der Waals surface area (Å²) in [5.41, 5.74) is 1.56. The van der Waals surface area contributed by atoms with Gasteiger partial charge in [0, 0.05) is 51.0 Å². The Morgan fingerprint density at radius 1 is 1.03 bits per heavy atom. The van der Waals surface area contributed by atoms with Crippen molar-refractivity contribution < 1.29 is 27.9 Å². The lowest BCUT2D eigenvalue weighted by atomic mass is 9.94. The maximum absolute atomic E-state index is 14.0. The van der Waals surface area contributed by atoms with Gasteiger partial charge in [-0.15, -0.1) is 0 Å². The zero-order chi connectivity index (χ0) is 25.8. The Labute approximate surface area is 208 Å². The smallest absolute Gasteiger partial charge is 0.338 e. The predicted molar refractivity (Wildman–Crippen MR) is 128 cm³/mol. The molecule has 0 unspecified atom stereocenters. The van der Waals surface area contributed by atoms with Crippen LogP contribution in [0, 0.1) is 11.6 Å². The first kappa shape index (κ1) is 25.3. The fraction of sp³-hybridized carbons (Fsp3) is 0.346. The number of hydrogen-bond acceptors (Lipinski definition) is 5. The van der Waals surface area contributed by atoms with Crippen molar-refractivity contribution >= 4 is 17.9 Å². The third kappa shape index (κ3) is 5.38. The van der Waals surface area contributed by atoms with Gasteiger partial charge in [0.2, 0.25) is 0 Å². The normalized spacial score (nSPS) is 18.8. The first-order valence-electron chi connectivity index (χ1n) is 11.8. The van der Waals surface area contributed by atoms with E-state index < -0.39 is 29.7 Å². The zero-order valence-corrected chi connectivity index (χ0v) is 20.2. The summed E-state index contributed by atoms with van der Waals surface area (Å²) in [5, 5.41) is 2.77. The maximum Gasteiger partial charge on any atom is 0.338 e. The average Bonchev–Trinajstić information content (AvgIpc) is 2.87. The van der Waals surface area contributed by atoms with Gasteiger partial charge in [-0.05, 0) is 48.9 Å². The molecular formula is C26H28F2N4O4. The van der Waals surface area contributed by atoms with E-state index >= 15 is 0 Å². The van der Waals surface area contributed by atoms with Gasteiger partial charge in [-0.25, -0.2) is 18.4 Å². The molecule has 0 aliphatic carbocycles. The van der Waals surface area contributed by atoms with Crippen LogP contribution in [0.2, 0.25) is 0 Å². The number of carbonyl (C=O) groups is 3. The van der Waals surface area contributed by atoms with Gasteiger partial charge in [0.05, 0.1) is 18.2 Å². The number of nitrogens with one attached hydrogen (secondary N) is 1. The number of benzene rings is 2. The number of piperazine rings is 1. The van der Waals surface area contributed by atoms with E-state index in [2.05, 4.69) is 5.32 Å². The standard InChI is InChI=1S/C26H28F2N4O4/c1-3-36-25(34)22-21(30(2)26(35)29-23(22)18-5-4-6-20(28)15-18)16-31-11-13-32(14-12-31)24(33)17-7-9-19(27)10-8-17/h4-10,15,23H,3,11-14,16H2,1-2H3,(H,29,35)/t23-/m0/s1. The minimum absolute atomic E-state index is 0.146. The van der Waals surface area contributed by atoms with Crippen molar-refractivity contribution in [3.63, 3.8) is 0 Å². The second-order valence-corrected chi connectivity index (χ2v) is 8.65. The van der Waals surface area contributed by atoms with Crippen molar-refractivity contribution in [3.8, 4) is 0 Å². The average molecular weight is 499 g/mol. The zero-order valence-electron chi connectivity index (χ0n) is 20.2. The van der Waals surface area contributed by atoms with E-state index in [0.717, 1.165) is 0 Å². The van der Waals surface area contributed by atoms with E-state index in [1.54, 1.807) is 24.9 Å². The highest BCUT2D eigenvalue weighted by Gasteiger charge is 2.38. The molecule has 2 aliphatic rings. The lowest BCUT2D eigenvalue weighted by molar-refractivity contribution is -0.139. The number of rotatable bonds is 6. The number of likely N-dealkylation sites (N-methyl/N-ethyl adjacent to an activating group) is 1. The molecule has 0 radical (unpaired) electrons. The molecule has 4 rings (SSSR count). The maximum atomic E-state index is 14.0. The van der Waals surface area contributed by atoms with Crippen LogP contribution in [0.3, 0.4) is 0 Å². The first-order valence-corrected chi connectivity index (χ1v) is 11.8. The molecule has 1 fully saturated rings. The number of amides is 3. The van der Waals surface area contributed by atoms with Crippen molar-refractivity contribution in [1.29, 1.82) is 0 Å². The van der Waals surface area contributed by atoms with Crippen molar-refractivity contribution in [3.05, 3.63) is 82.6 Å². The molecule has 3 amide bonds. The van der Waals surface area contributed by atoms with Crippen molar-refractivity contribution in [2.75, 3.05) is 46.4 Å². The summed E-state index contributed by atoms with van der Waals surface area (Å²) in [4.78, 5) is 43.7. The minimum Gasteiger partial charge on any atom is -0.463 e. The third-order valence-electron chi connectivity index (χ3n) is 6.38. The summed E-state index contributed by atoms with van der Waals surface area (Å²) in [6.45, 7) is 3.98. The van der Waals surface area contributed by atoms with Gasteiger partial charge in [-0.1, -0.05) is 12.1 Å². The second kappa shape index (κ2) is 10.9. The number of carbonyl (C=O) groups excluding carboxylic acids is 3. The van der Waals surface area contributed by atoms with Crippen molar-refractivity contribution in [2.24, 2.45) is 0 Å². The number of ether oxygens (including phenoxy) is 1. The molecule has 8 nitrogen and oxygen atoms in total. The Morgan fingerprint density at radius 2 is 1.72 bits per heavy atom. The van der Waals surface area contributed by atoms with Crippen LogP contribution in [0.25, 0.3) is 0 Å². The molecule has 10 heteroatoms. The molecular weight excluding hydrogens is 470 g/mol. The van der Waals surface area contributed by atoms with Gasteiger partial charge < -0.3 is 15.0 Å². The number of urea groups is 1. The highest BCUT2D eigenvalue weighted by molar-refractivity contribution is 5.95. The van der Waals surface area contributed by atoms with Crippen LogP contribution < -0.4 is 5.32 Å². The quantitative estimate of drug-likeness (QED) is 0.620. The van der Waals surface area contributed by atoms with Crippen molar-refractivity contribution in [1.82, 2.24) is 20.0 Å². The Bertz CT molecular complexity index is 1180. The van der Waals surface area contributed by atoms with Crippen LogP contribution in [0.4, 0.5) is 13.6 Å². The van der Waals surface area contributed by atoms with Crippen LogP contribution in [0.1, 0.15) is 28.9 Å². The van der Waals surface area contributed by atoms with Gasteiger partial charge in [-0.3, -0.25) is 14.6 Å². The third-order valence-corrected chi connectivity index (χ3v) is 6.38. The number of nitrogens with zero attached hydrogens (tertiary/aromatic N) is 3. The molecule has 0 spiro atoms. The number of halogens is 2. The second-order valence-electron chi connectivity index (χ2n) is 8.65. The van der Waals surface area contributed by atoms with Crippen LogP contribution >= 0.6 is 0 Å². The molecule has 0 bridgehead atoms. The molecule has 36 heavy (non-hydrogen) atoms. The van der Waals surface area contributed by atoms with E-state index in [0.29, 0.717) is 43.0 Å². The van der Waals surface area contributed by atoms with Gasteiger partial charge in [0.1, 0.15) is 11.6 Å². The van der Waals surface area contributed by atoms with Crippen LogP contribution in [0.15, 0.2) is 59.8 Å². The summed E-state index contributed by atoms with van der Waals surface area (Å²) in [5.74, 6) is -1.65. The van der Waals surface area contributed by atoms with Gasteiger partial charge in [0.25, 0.3) is 5.91 Å². The Kier molecular flexibility index (Phi) is 7.64. The number of esters is 1. The van der Waals surface area contributed by atoms with E-state index in [-0.39, 0.29) is 24.6 Å². The topological polar surface area (TPSA) is 82.2 Å². The summed E-state index contributed by atoms with van der Waals surface area (Å²) < 4.78 is 32.5. The van der Waals surface area contributed by atoms with Gasteiger partial charge in [0.15, 0.2) is 0 Å². The first-order chi connectivity index (χ1) is 17.3. The molecule has 0 saturated carbocycles. The summed E-state index contributed by atoms with van der Waals surface area (Å²) >= 11 is 0. The van der Waals surface area contributed by atoms with E-state index in [1.165, 1.54) is 47.4 Å². The molecule has 2 aromatic rings. The fourth-order valence-electron chi connectivity index (χ4n) is 4.43. The molecule has 2 aromatic carbocycles. The van der Waals surface area contributed by atoms with Crippen LogP contribution in [-0.4, -0.2) is 79.0 Å². The van der Waals surface area contributed by atoms with Crippen LogP contribution in [-0.2, 0) is 9.53 Å². The Hall–Kier alpha value is -3.79. The Balaban J connectivity index is 1.56. The van der Waals surface area contributed by atoms with Gasteiger partial charge >= 0.3 is 12.0 Å². The van der Waals surface area contributed by atoms with Gasteiger partial charge in [-0.2, -0.15) is 0 Å². The minimum atomic E-state index is -0.861. The van der Waals surface area contributed by atoms with Crippen molar-refractivity contribution in [2.45, 2.75) is 13.0 Å². The largest absolute Gasteiger partial charge is 0.463 e. The SMILES string of the molecule is CCOC(=O)C1=C(CN2CCN(C(=O)c3ccc(F)cc3)CC2)N(C)C(=O)N[C@H]1c1cccc(F)c1. The predicted octanol–water partition coefficient (Wildman–Crippen LogP) is 2.94. The highest BCUT2D eigenvalue weighted by atomic mass is 19.1. The monoisotopic (exact) mass is 498 g/mol. The molecule has 2 aliphatic heterocycles. The molecule has 0 aromatic heterocycles. The molecule has 1 N–H and O–H groups in total. The summed E-state index contributed by atoms with van der Waals surface area (Å²) in [6, 6.07) is 9.90. The molecule has 1 saturated heterocycles. The molecule has 190 valence electrons. The van der Waals surface area contributed by atoms with E-state index in [4.69, 9.17) is 4.74 Å². The fourth-order valence-corrected chi connectivity index (χ4v) is 4.43. The lowest BCUT2D eigenvalue weighted by Crippen LogP contribution is -2.53. The molecule has 1 atom stereocenters.